The molecule has 0 bridgehead atoms. The molecule has 1 fully saturated rings. The summed E-state index contributed by atoms with van der Waals surface area (Å²) in [5.74, 6) is 0.00212. The highest BCUT2D eigenvalue weighted by atomic mass is 32.1. The number of benzene rings is 2. The van der Waals surface area contributed by atoms with Gasteiger partial charge in [0.1, 0.15) is 0 Å². The average molecular weight is 396 g/mol. The maximum atomic E-state index is 13.3. The highest BCUT2D eigenvalue weighted by molar-refractivity contribution is 7.22. The number of rotatable bonds is 5. The van der Waals surface area contributed by atoms with Crippen LogP contribution in [0.15, 0.2) is 42.5 Å². The van der Waals surface area contributed by atoms with Gasteiger partial charge in [-0.3, -0.25) is 14.6 Å². The number of thiazole rings is 1. The van der Waals surface area contributed by atoms with Crippen LogP contribution < -0.4 is 4.90 Å². The first-order chi connectivity index (χ1) is 13.6. The minimum Gasteiger partial charge on any atom is -0.379 e. The van der Waals surface area contributed by atoms with Crippen LogP contribution in [0.2, 0.25) is 0 Å². The summed E-state index contributed by atoms with van der Waals surface area (Å²) in [6, 6.07) is 13.7. The first-order valence-corrected chi connectivity index (χ1v) is 10.5. The van der Waals surface area contributed by atoms with Crippen molar-refractivity contribution >= 4 is 32.6 Å². The largest absolute Gasteiger partial charge is 0.379 e. The lowest BCUT2D eigenvalue weighted by Crippen LogP contribution is -2.43. The molecule has 0 N–H and O–H groups in total. The summed E-state index contributed by atoms with van der Waals surface area (Å²) in [6.07, 6.45) is 0. The van der Waals surface area contributed by atoms with Gasteiger partial charge in [0.2, 0.25) is 0 Å². The maximum absolute atomic E-state index is 13.3. The summed E-state index contributed by atoms with van der Waals surface area (Å²) in [5.41, 5.74) is 4.06. The molecule has 1 aliphatic rings. The Labute approximate surface area is 169 Å². The van der Waals surface area contributed by atoms with Crippen molar-refractivity contribution in [2.45, 2.75) is 13.8 Å². The third-order valence-electron chi connectivity index (χ3n) is 5.05. The van der Waals surface area contributed by atoms with Gasteiger partial charge in [-0.1, -0.05) is 35.6 Å². The van der Waals surface area contributed by atoms with Crippen LogP contribution in [-0.4, -0.2) is 55.2 Å². The van der Waals surface area contributed by atoms with E-state index >= 15 is 0 Å². The van der Waals surface area contributed by atoms with Crippen LogP contribution >= 0.6 is 11.3 Å². The number of aryl methyl sites for hydroxylation is 2. The summed E-state index contributed by atoms with van der Waals surface area (Å²) in [6.45, 7) is 8.95. The van der Waals surface area contributed by atoms with Gasteiger partial charge in [0, 0.05) is 31.7 Å². The van der Waals surface area contributed by atoms with Gasteiger partial charge in [-0.15, -0.1) is 0 Å². The van der Waals surface area contributed by atoms with E-state index in [1.54, 1.807) is 11.3 Å². The monoisotopic (exact) mass is 395 g/mol. The Balaban J connectivity index is 1.65. The number of aromatic nitrogens is 1. The minimum atomic E-state index is 0.00212. The second-order valence-corrected chi connectivity index (χ2v) is 8.18. The molecule has 1 amide bonds. The average Bonchev–Trinajstić information content (AvgIpc) is 3.13. The van der Waals surface area contributed by atoms with Crippen molar-refractivity contribution in [3.63, 3.8) is 0 Å². The molecule has 5 nitrogen and oxygen atoms in total. The van der Waals surface area contributed by atoms with Crippen LogP contribution in [-0.2, 0) is 4.74 Å². The third kappa shape index (κ3) is 4.09. The summed E-state index contributed by atoms with van der Waals surface area (Å²) in [5, 5.41) is 0.769. The molecule has 0 spiro atoms. The predicted octanol–water partition coefficient (Wildman–Crippen LogP) is 3.89. The van der Waals surface area contributed by atoms with Gasteiger partial charge in [-0.2, -0.15) is 0 Å². The SMILES string of the molecule is Cc1cc(C)c2sc(N(CCN3CCOCC3)C(=O)c3ccccc3)nc2c1. The van der Waals surface area contributed by atoms with Crippen molar-refractivity contribution in [3.05, 3.63) is 59.2 Å². The van der Waals surface area contributed by atoms with Crippen molar-refractivity contribution in [1.29, 1.82) is 0 Å². The van der Waals surface area contributed by atoms with E-state index in [1.165, 1.54) is 11.1 Å². The summed E-state index contributed by atoms with van der Waals surface area (Å²) in [4.78, 5) is 22.3. The van der Waals surface area contributed by atoms with Gasteiger partial charge in [0.15, 0.2) is 5.13 Å². The number of nitrogens with zero attached hydrogens (tertiary/aromatic N) is 3. The number of fused-ring (bicyclic) bond motifs is 1. The highest BCUT2D eigenvalue weighted by Crippen LogP contribution is 2.32. The van der Waals surface area contributed by atoms with Crippen LogP contribution in [0.5, 0.6) is 0 Å². The number of morpholine rings is 1. The van der Waals surface area contributed by atoms with Crippen LogP contribution in [0, 0.1) is 13.8 Å². The van der Waals surface area contributed by atoms with Gasteiger partial charge < -0.3 is 4.74 Å². The molecule has 0 radical (unpaired) electrons. The number of carbonyl (C=O) groups is 1. The van der Waals surface area contributed by atoms with Crippen molar-refractivity contribution in [2.24, 2.45) is 0 Å². The number of ether oxygens (including phenoxy) is 1. The van der Waals surface area contributed by atoms with E-state index in [2.05, 4.69) is 30.9 Å². The lowest BCUT2D eigenvalue weighted by atomic mass is 10.1. The second kappa shape index (κ2) is 8.39. The van der Waals surface area contributed by atoms with E-state index in [-0.39, 0.29) is 5.91 Å². The molecule has 1 aliphatic heterocycles. The van der Waals surface area contributed by atoms with Crippen LogP contribution in [0.25, 0.3) is 10.2 Å². The van der Waals surface area contributed by atoms with E-state index in [0.717, 1.165) is 48.2 Å². The lowest BCUT2D eigenvalue weighted by Gasteiger charge is -2.29. The number of amides is 1. The Morgan fingerprint density at radius 3 is 2.68 bits per heavy atom. The predicted molar refractivity (Wildman–Crippen MR) is 114 cm³/mol. The first-order valence-electron chi connectivity index (χ1n) is 9.66. The van der Waals surface area contributed by atoms with Crippen LogP contribution in [0.3, 0.4) is 0 Å². The Morgan fingerprint density at radius 1 is 1.18 bits per heavy atom. The van der Waals surface area contributed by atoms with E-state index in [0.29, 0.717) is 12.1 Å². The van der Waals surface area contributed by atoms with Crippen molar-refractivity contribution in [1.82, 2.24) is 9.88 Å². The summed E-state index contributed by atoms with van der Waals surface area (Å²) >= 11 is 1.60. The topological polar surface area (TPSA) is 45.7 Å². The minimum absolute atomic E-state index is 0.00212. The normalized spacial score (nSPS) is 15.1. The fraction of sp³-hybridized carbons (Fsp3) is 0.364. The standard InChI is InChI=1S/C22H25N3O2S/c1-16-14-17(2)20-19(15-16)23-22(28-20)25(9-8-24-10-12-27-13-11-24)21(26)18-6-4-3-5-7-18/h3-7,14-15H,8-13H2,1-2H3. The molecule has 0 saturated carbocycles. The fourth-order valence-corrected chi connectivity index (χ4v) is 4.61. The number of carbonyl (C=O) groups excluding carboxylic acids is 1. The first kappa shape index (κ1) is 19.1. The Kier molecular flexibility index (Phi) is 5.71. The molecule has 3 aromatic rings. The molecule has 146 valence electrons. The molecule has 2 aromatic carbocycles. The smallest absolute Gasteiger partial charge is 0.260 e. The Morgan fingerprint density at radius 2 is 1.93 bits per heavy atom. The van der Waals surface area contributed by atoms with Crippen molar-refractivity contribution in [2.75, 3.05) is 44.3 Å². The van der Waals surface area contributed by atoms with E-state index in [1.807, 2.05) is 35.2 Å². The zero-order valence-corrected chi connectivity index (χ0v) is 17.2. The molecule has 28 heavy (non-hydrogen) atoms. The molecule has 0 atom stereocenters. The summed E-state index contributed by atoms with van der Waals surface area (Å²) in [7, 11) is 0. The number of hydrogen-bond donors (Lipinski definition) is 0. The van der Waals surface area contributed by atoms with E-state index in [4.69, 9.17) is 9.72 Å². The summed E-state index contributed by atoms with van der Waals surface area (Å²) < 4.78 is 6.59. The molecular weight excluding hydrogens is 370 g/mol. The van der Waals surface area contributed by atoms with Gasteiger partial charge in [0.25, 0.3) is 5.91 Å². The molecular formula is C22H25N3O2S. The van der Waals surface area contributed by atoms with E-state index < -0.39 is 0 Å². The van der Waals surface area contributed by atoms with Crippen molar-refractivity contribution < 1.29 is 9.53 Å². The van der Waals surface area contributed by atoms with Crippen molar-refractivity contribution in [3.8, 4) is 0 Å². The lowest BCUT2D eigenvalue weighted by molar-refractivity contribution is 0.0391. The molecule has 1 aromatic heterocycles. The molecule has 1 saturated heterocycles. The second-order valence-electron chi connectivity index (χ2n) is 7.20. The molecule has 6 heteroatoms. The molecule has 4 rings (SSSR count). The quantitative estimate of drug-likeness (QED) is 0.657. The van der Waals surface area contributed by atoms with E-state index in [9.17, 15) is 4.79 Å². The molecule has 2 heterocycles. The zero-order chi connectivity index (χ0) is 19.5. The van der Waals surface area contributed by atoms with Crippen LogP contribution in [0.1, 0.15) is 21.5 Å². The van der Waals surface area contributed by atoms with Gasteiger partial charge >= 0.3 is 0 Å². The van der Waals surface area contributed by atoms with Gasteiger partial charge in [-0.25, -0.2) is 4.98 Å². The Bertz CT molecular complexity index is 965. The molecule has 0 unspecified atom stereocenters. The zero-order valence-electron chi connectivity index (χ0n) is 16.4. The number of anilines is 1. The highest BCUT2D eigenvalue weighted by Gasteiger charge is 2.23. The Hall–Kier alpha value is -2.28. The number of hydrogen-bond acceptors (Lipinski definition) is 5. The third-order valence-corrected chi connectivity index (χ3v) is 6.28. The van der Waals surface area contributed by atoms with Gasteiger partial charge in [0.05, 0.1) is 23.4 Å². The molecule has 0 aliphatic carbocycles. The fourth-order valence-electron chi connectivity index (χ4n) is 3.57. The maximum Gasteiger partial charge on any atom is 0.260 e. The van der Waals surface area contributed by atoms with Gasteiger partial charge in [-0.05, 0) is 43.2 Å². The van der Waals surface area contributed by atoms with Crippen LogP contribution in [0.4, 0.5) is 5.13 Å².